The molecule has 0 aliphatic heterocycles. The highest BCUT2D eigenvalue weighted by Gasteiger charge is 2.16. The van der Waals surface area contributed by atoms with E-state index in [0.717, 1.165) is 11.2 Å². The summed E-state index contributed by atoms with van der Waals surface area (Å²) in [5, 5.41) is 6.24. The molecule has 0 unspecified atom stereocenters. The van der Waals surface area contributed by atoms with Gasteiger partial charge in [0.25, 0.3) is 0 Å². The summed E-state index contributed by atoms with van der Waals surface area (Å²) in [6.07, 6.45) is 2.04. The van der Waals surface area contributed by atoms with Crippen LogP contribution in [0.5, 0.6) is 0 Å². The molecule has 0 aliphatic rings. The predicted octanol–water partition coefficient (Wildman–Crippen LogP) is 6.08. The zero-order valence-corrected chi connectivity index (χ0v) is 16.3. The van der Waals surface area contributed by atoms with Crippen LogP contribution in [-0.4, -0.2) is 21.0 Å². The van der Waals surface area contributed by atoms with Gasteiger partial charge in [-0.15, -0.1) is 0 Å². The molecule has 1 heterocycles. The minimum atomic E-state index is 0.239. The molecule has 3 rings (SSSR count). The molecule has 0 amide bonds. The van der Waals surface area contributed by atoms with Gasteiger partial charge in [-0.25, -0.2) is 0 Å². The van der Waals surface area contributed by atoms with Crippen LogP contribution in [0.4, 0.5) is 5.69 Å². The molecule has 6 heteroatoms. The van der Waals surface area contributed by atoms with Gasteiger partial charge in [0, 0.05) is 45.4 Å². The van der Waals surface area contributed by atoms with Crippen LogP contribution in [0.3, 0.4) is 0 Å². The average molecular weight is 392 g/mol. The smallest absolute Gasteiger partial charge is 0.173 e. The maximum atomic E-state index is 6.07. The first-order valence-corrected chi connectivity index (χ1v) is 9.19. The van der Waals surface area contributed by atoms with E-state index in [-0.39, 0.29) is 6.04 Å². The van der Waals surface area contributed by atoms with Gasteiger partial charge in [0.15, 0.2) is 5.11 Å². The summed E-state index contributed by atoms with van der Waals surface area (Å²) >= 11 is 17.8. The summed E-state index contributed by atoms with van der Waals surface area (Å²) in [7, 11) is 0. The Hall–Kier alpha value is -1.75. The lowest BCUT2D eigenvalue weighted by atomic mass is 10.1. The number of nitrogens with zero attached hydrogens (tertiary/aromatic N) is 1. The Bertz CT molecular complexity index is 884. The van der Waals surface area contributed by atoms with Crippen molar-refractivity contribution in [3.63, 3.8) is 0 Å². The fourth-order valence-electron chi connectivity index (χ4n) is 2.76. The highest BCUT2D eigenvalue weighted by Crippen LogP contribution is 2.24. The Balaban J connectivity index is 1.82. The fourth-order valence-corrected chi connectivity index (χ4v) is 3.68. The average Bonchev–Trinajstić information content (AvgIpc) is 2.94. The second-order valence-corrected chi connectivity index (χ2v) is 7.43. The van der Waals surface area contributed by atoms with Crippen LogP contribution >= 0.6 is 35.4 Å². The van der Waals surface area contributed by atoms with Gasteiger partial charge >= 0.3 is 0 Å². The molecule has 0 bridgehead atoms. The summed E-state index contributed by atoms with van der Waals surface area (Å²) in [6, 6.07) is 13.8. The highest BCUT2D eigenvalue weighted by molar-refractivity contribution is 7.80. The lowest BCUT2D eigenvalue weighted by Gasteiger charge is -2.29. The van der Waals surface area contributed by atoms with Gasteiger partial charge in [-0.1, -0.05) is 41.4 Å². The van der Waals surface area contributed by atoms with Crippen molar-refractivity contribution >= 4 is 57.1 Å². The van der Waals surface area contributed by atoms with Crippen molar-refractivity contribution in [3.8, 4) is 0 Å². The van der Waals surface area contributed by atoms with E-state index in [9.17, 15) is 0 Å². The fraction of sp³-hybridized carbons (Fsp3) is 0.211. The number of hydrogen-bond acceptors (Lipinski definition) is 1. The second kappa shape index (κ2) is 7.65. The van der Waals surface area contributed by atoms with Crippen molar-refractivity contribution < 1.29 is 0 Å². The third kappa shape index (κ3) is 4.27. The number of anilines is 1. The lowest BCUT2D eigenvalue weighted by molar-refractivity contribution is 0.349. The van der Waals surface area contributed by atoms with Crippen LogP contribution in [-0.2, 0) is 6.54 Å². The molecule has 0 saturated heterocycles. The van der Waals surface area contributed by atoms with E-state index in [2.05, 4.69) is 41.2 Å². The molecule has 2 N–H and O–H groups in total. The van der Waals surface area contributed by atoms with Gasteiger partial charge < -0.3 is 15.2 Å². The number of halogens is 2. The number of aromatic amines is 1. The molecule has 0 aliphatic carbocycles. The summed E-state index contributed by atoms with van der Waals surface area (Å²) in [4.78, 5) is 5.45. The second-order valence-electron chi connectivity index (χ2n) is 6.17. The van der Waals surface area contributed by atoms with Crippen LogP contribution in [0.15, 0.2) is 48.7 Å². The van der Waals surface area contributed by atoms with E-state index in [1.807, 2.05) is 30.5 Å². The standard InChI is InChI=1S/C19H19Cl2N3S/c1-12(2)24(11-13-10-22-18-6-4-3-5-17(13)18)19(25)23-16-8-14(20)7-15(21)9-16/h3-10,12,22H,11H2,1-2H3,(H,23,25). The normalized spacial score (nSPS) is 11.1. The molecule has 3 aromatic rings. The monoisotopic (exact) mass is 391 g/mol. The number of benzene rings is 2. The summed E-state index contributed by atoms with van der Waals surface area (Å²) in [6.45, 7) is 4.95. The maximum Gasteiger partial charge on any atom is 0.173 e. The summed E-state index contributed by atoms with van der Waals surface area (Å²) in [5.41, 5.74) is 3.12. The number of hydrogen-bond donors (Lipinski definition) is 2. The molecular weight excluding hydrogens is 373 g/mol. The number of aromatic nitrogens is 1. The Labute approximate surface area is 162 Å². The Morgan fingerprint density at radius 1 is 1.16 bits per heavy atom. The van der Waals surface area contributed by atoms with Crippen LogP contribution in [0.25, 0.3) is 10.9 Å². The van der Waals surface area contributed by atoms with Crippen LogP contribution in [0.1, 0.15) is 19.4 Å². The zero-order valence-electron chi connectivity index (χ0n) is 14.0. The van der Waals surface area contributed by atoms with Crippen molar-refractivity contribution in [1.82, 2.24) is 9.88 Å². The van der Waals surface area contributed by atoms with Gasteiger partial charge in [0.2, 0.25) is 0 Å². The molecule has 0 spiro atoms. The van der Waals surface area contributed by atoms with E-state index in [1.165, 1.54) is 10.9 Å². The number of nitrogens with one attached hydrogen (secondary N) is 2. The van der Waals surface area contributed by atoms with Crippen molar-refractivity contribution in [2.24, 2.45) is 0 Å². The number of H-pyrrole nitrogens is 1. The molecule has 130 valence electrons. The molecule has 0 atom stereocenters. The van der Waals surface area contributed by atoms with E-state index < -0.39 is 0 Å². The molecule has 2 aromatic carbocycles. The number of rotatable bonds is 4. The Morgan fingerprint density at radius 2 is 1.84 bits per heavy atom. The summed E-state index contributed by atoms with van der Waals surface area (Å²) < 4.78 is 0. The minimum Gasteiger partial charge on any atom is -0.361 e. The van der Waals surface area contributed by atoms with Crippen molar-refractivity contribution in [2.45, 2.75) is 26.4 Å². The molecule has 0 radical (unpaired) electrons. The SMILES string of the molecule is CC(C)N(Cc1c[nH]c2ccccc12)C(=S)Nc1cc(Cl)cc(Cl)c1. The summed E-state index contributed by atoms with van der Waals surface area (Å²) in [5.74, 6) is 0. The number of fused-ring (bicyclic) bond motifs is 1. The first-order chi connectivity index (χ1) is 11.9. The van der Waals surface area contributed by atoms with Crippen LogP contribution < -0.4 is 5.32 Å². The van der Waals surface area contributed by atoms with E-state index >= 15 is 0 Å². The first-order valence-electron chi connectivity index (χ1n) is 8.03. The van der Waals surface area contributed by atoms with E-state index in [0.29, 0.717) is 21.7 Å². The van der Waals surface area contributed by atoms with E-state index in [1.54, 1.807) is 6.07 Å². The third-order valence-electron chi connectivity index (χ3n) is 4.01. The first kappa shape index (κ1) is 18.1. The molecule has 25 heavy (non-hydrogen) atoms. The maximum absolute atomic E-state index is 6.07. The minimum absolute atomic E-state index is 0.239. The van der Waals surface area contributed by atoms with Crippen molar-refractivity contribution in [1.29, 1.82) is 0 Å². The number of thiocarbonyl (C=S) groups is 1. The van der Waals surface area contributed by atoms with Gasteiger partial charge in [-0.2, -0.15) is 0 Å². The Kier molecular flexibility index (Phi) is 5.52. The molecule has 1 aromatic heterocycles. The van der Waals surface area contributed by atoms with Crippen molar-refractivity contribution in [3.05, 3.63) is 64.3 Å². The van der Waals surface area contributed by atoms with Gasteiger partial charge in [0.1, 0.15) is 0 Å². The molecule has 3 nitrogen and oxygen atoms in total. The van der Waals surface area contributed by atoms with Crippen molar-refractivity contribution in [2.75, 3.05) is 5.32 Å². The third-order valence-corrected chi connectivity index (χ3v) is 4.79. The van der Waals surface area contributed by atoms with Crippen LogP contribution in [0.2, 0.25) is 10.0 Å². The van der Waals surface area contributed by atoms with Gasteiger partial charge in [-0.3, -0.25) is 0 Å². The topological polar surface area (TPSA) is 31.1 Å². The molecular formula is C19H19Cl2N3S. The molecule has 0 saturated carbocycles. The zero-order chi connectivity index (χ0) is 18.0. The quantitative estimate of drug-likeness (QED) is 0.528. The predicted molar refractivity (Wildman–Crippen MR) is 112 cm³/mol. The van der Waals surface area contributed by atoms with Gasteiger partial charge in [0.05, 0.1) is 0 Å². The Morgan fingerprint density at radius 3 is 2.52 bits per heavy atom. The largest absolute Gasteiger partial charge is 0.361 e. The number of para-hydroxylation sites is 1. The van der Waals surface area contributed by atoms with Gasteiger partial charge in [-0.05, 0) is 55.9 Å². The lowest BCUT2D eigenvalue weighted by Crippen LogP contribution is -2.39. The molecule has 0 fully saturated rings. The highest BCUT2D eigenvalue weighted by atomic mass is 35.5. The van der Waals surface area contributed by atoms with E-state index in [4.69, 9.17) is 35.4 Å². The van der Waals surface area contributed by atoms with Crippen LogP contribution in [0, 0.1) is 0 Å².